The van der Waals surface area contributed by atoms with Crippen molar-refractivity contribution in [3.8, 4) is 0 Å². The maximum absolute atomic E-state index is 10.2. The first kappa shape index (κ1) is 12.4. The Morgan fingerprint density at radius 1 is 1.38 bits per heavy atom. The van der Waals surface area contributed by atoms with Crippen molar-refractivity contribution in [3.05, 3.63) is 54.2 Å². The summed E-state index contributed by atoms with van der Waals surface area (Å²) in [4.78, 5) is 0.984. The van der Waals surface area contributed by atoms with E-state index in [-0.39, 0.29) is 0 Å². The molecule has 0 saturated carbocycles. The zero-order valence-corrected chi connectivity index (χ0v) is 12.3. The van der Waals surface area contributed by atoms with Crippen LogP contribution in [0.2, 0.25) is 5.02 Å². The summed E-state index contributed by atoms with van der Waals surface area (Å²) in [5, 5.41) is 12.9. The molecule has 2 rings (SSSR count). The molecule has 0 spiro atoms. The third-order valence-electron chi connectivity index (χ3n) is 2.41. The van der Waals surface area contributed by atoms with Crippen LogP contribution in [0.1, 0.15) is 22.1 Å². The van der Waals surface area contributed by atoms with Crippen LogP contribution in [0, 0.1) is 10.5 Å². The van der Waals surface area contributed by atoms with Gasteiger partial charge in [-0.2, -0.15) is 0 Å². The van der Waals surface area contributed by atoms with Gasteiger partial charge in [-0.05, 0) is 64.2 Å². The van der Waals surface area contributed by atoms with Gasteiger partial charge in [-0.1, -0.05) is 17.7 Å². The lowest BCUT2D eigenvalue weighted by Gasteiger charge is -2.11. The number of hydrogen-bond acceptors (Lipinski definition) is 2. The average molecular weight is 365 g/mol. The van der Waals surface area contributed by atoms with Gasteiger partial charge in [0.25, 0.3) is 0 Å². The third-order valence-corrected chi connectivity index (χ3v) is 5.05. The van der Waals surface area contributed by atoms with E-state index in [1.807, 2.05) is 36.6 Å². The zero-order valence-electron chi connectivity index (χ0n) is 8.58. The summed E-state index contributed by atoms with van der Waals surface area (Å²) in [5.41, 5.74) is 1.96. The van der Waals surface area contributed by atoms with Gasteiger partial charge in [-0.15, -0.1) is 11.3 Å². The van der Waals surface area contributed by atoms with Crippen LogP contribution in [0.3, 0.4) is 0 Å². The normalized spacial score (nSPS) is 12.8. The molecular weight excluding hydrogens is 355 g/mol. The molecule has 1 atom stereocenters. The Labute approximate surface area is 117 Å². The van der Waals surface area contributed by atoms with Crippen LogP contribution in [0.4, 0.5) is 0 Å². The minimum atomic E-state index is -0.575. The van der Waals surface area contributed by atoms with Crippen LogP contribution in [0.15, 0.2) is 29.6 Å². The zero-order chi connectivity index (χ0) is 11.7. The molecule has 0 bridgehead atoms. The Morgan fingerprint density at radius 3 is 2.69 bits per heavy atom. The highest BCUT2D eigenvalue weighted by atomic mass is 127. The number of aryl methyl sites for hydroxylation is 1. The lowest BCUT2D eigenvalue weighted by Crippen LogP contribution is -1.99. The lowest BCUT2D eigenvalue weighted by molar-refractivity contribution is 0.223. The molecule has 84 valence electrons. The van der Waals surface area contributed by atoms with E-state index in [9.17, 15) is 5.11 Å². The van der Waals surface area contributed by atoms with Crippen molar-refractivity contribution in [2.75, 3.05) is 0 Å². The Balaban J connectivity index is 2.38. The van der Waals surface area contributed by atoms with E-state index in [4.69, 9.17) is 11.6 Å². The maximum atomic E-state index is 10.2. The van der Waals surface area contributed by atoms with E-state index in [1.165, 1.54) is 0 Å². The van der Waals surface area contributed by atoms with Crippen molar-refractivity contribution in [1.29, 1.82) is 0 Å². The molecule has 1 N–H and O–H groups in total. The number of rotatable bonds is 2. The van der Waals surface area contributed by atoms with Gasteiger partial charge in [0.2, 0.25) is 0 Å². The van der Waals surface area contributed by atoms with Crippen molar-refractivity contribution >= 4 is 45.5 Å². The van der Waals surface area contributed by atoms with Gasteiger partial charge in [0, 0.05) is 8.45 Å². The fraction of sp³-hybridized carbons (Fsp3) is 0.167. The van der Waals surface area contributed by atoms with Gasteiger partial charge in [0.1, 0.15) is 6.10 Å². The SMILES string of the molecule is Cc1ccsc1C(O)c1ccc(I)c(Cl)c1. The number of halogens is 2. The van der Waals surface area contributed by atoms with Crippen molar-refractivity contribution in [2.24, 2.45) is 0 Å². The monoisotopic (exact) mass is 364 g/mol. The Kier molecular flexibility index (Phi) is 3.89. The number of benzene rings is 1. The molecule has 1 aromatic heterocycles. The van der Waals surface area contributed by atoms with Gasteiger partial charge in [-0.25, -0.2) is 0 Å². The second-order valence-electron chi connectivity index (χ2n) is 3.54. The van der Waals surface area contributed by atoms with Crippen molar-refractivity contribution in [1.82, 2.24) is 0 Å². The molecule has 0 amide bonds. The maximum Gasteiger partial charge on any atom is 0.113 e. The van der Waals surface area contributed by atoms with Crippen LogP contribution < -0.4 is 0 Å². The second-order valence-corrected chi connectivity index (χ2v) is 6.06. The first-order chi connectivity index (χ1) is 7.59. The summed E-state index contributed by atoms with van der Waals surface area (Å²) >= 11 is 9.79. The van der Waals surface area contributed by atoms with E-state index in [0.29, 0.717) is 5.02 Å². The second kappa shape index (κ2) is 5.04. The molecular formula is C12H10ClIOS. The van der Waals surface area contributed by atoms with Crippen LogP contribution >= 0.6 is 45.5 Å². The summed E-state index contributed by atoms with van der Waals surface area (Å²) in [6.07, 6.45) is -0.575. The summed E-state index contributed by atoms with van der Waals surface area (Å²) in [5.74, 6) is 0. The quantitative estimate of drug-likeness (QED) is 0.783. The summed E-state index contributed by atoms with van der Waals surface area (Å²) in [6.45, 7) is 2.00. The predicted octanol–water partition coefficient (Wildman–Crippen LogP) is 4.40. The highest BCUT2D eigenvalue weighted by molar-refractivity contribution is 14.1. The molecule has 0 aliphatic rings. The molecule has 2 aromatic rings. The molecule has 0 saturated heterocycles. The average Bonchev–Trinajstić information content (AvgIpc) is 2.67. The number of thiophene rings is 1. The molecule has 16 heavy (non-hydrogen) atoms. The highest BCUT2D eigenvalue weighted by Crippen LogP contribution is 2.31. The van der Waals surface area contributed by atoms with Gasteiger partial charge >= 0.3 is 0 Å². The lowest BCUT2D eigenvalue weighted by atomic mass is 10.1. The third kappa shape index (κ3) is 2.42. The molecule has 1 aromatic carbocycles. The number of aliphatic hydroxyl groups excluding tert-OH is 1. The summed E-state index contributed by atoms with van der Waals surface area (Å²) < 4.78 is 0.998. The van der Waals surface area contributed by atoms with Crippen molar-refractivity contribution in [2.45, 2.75) is 13.0 Å². The van der Waals surface area contributed by atoms with Crippen molar-refractivity contribution < 1.29 is 5.11 Å². The van der Waals surface area contributed by atoms with E-state index >= 15 is 0 Å². The summed E-state index contributed by atoms with van der Waals surface area (Å²) in [6, 6.07) is 7.67. The summed E-state index contributed by atoms with van der Waals surface area (Å²) in [7, 11) is 0. The van der Waals surface area contributed by atoms with E-state index in [0.717, 1.165) is 19.6 Å². The van der Waals surface area contributed by atoms with Crippen molar-refractivity contribution in [3.63, 3.8) is 0 Å². The highest BCUT2D eigenvalue weighted by Gasteiger charge is 2.14. The first-order valence-corrected chi connectivity index (χ1v) is 7.10. The molecule has 0 fully saturated rings. The van der Waals surface area contributed by atoms with Crippen LogP contribution in [0.5, 0.6) is 0 Å². The van der Waals surface area contributed by atoms with E-state index in [1.54, 1.807) is 11.3 Å². The molecule has 1 unspecified atom stereocenters. The number of hydrogen-bond donors (Lipinski definition) is 1. The van der Waals surface area contributed by atoms with Gasteiger partial charge in [0.05, 0.1) is 5.02 Å². The topological polar surface area (TPSA) is 20.2 Å². The molecule has 0 radical (unpaired) electrons. The smallest absolute Gasteiger partial charge is 0.113 e. The molecule has 0 aliphatic heterocycles. The standard InChI is InChI=1S/C12H10ClIOS/c1-7-4-5-16-12(7)11(15)8-2-3-10(14)9(13)6-8/h2-6,11,15H,1H3. The largest absolute Gasteiger partial charge is 0.383 e. The minimum absolute atomic E-state index is 0.575. The molecule has 0 aliphatic carbocycles. The van der Waals surface area contributed by atoms with Gasteiger partial charge in [-0.3, -0.25) is 0 Å². The fourth-order valence-electron chi connectivity index (χ4n) is 1.50. The van der Waals surface area contributed by atoms with Gasteiger partial charge in [0.15, 0.2) is 0 Å². The Hall–Kier alpha value is -0.100. The fourth-order valence-corrected chi connectivity index (χ4v) is 2.96. The number of aliphatic hydroxyl groups is 1. The van der Waals surface area contributed by atoms with E-state index < -0.39 is 6.10 Å². The predicted molar refractivity (Wildman–Crippen MR) is 77.3 cm³/mol. The van der Waals surface area contributed by atoms with Crippen LogP contribution in [0.25, 0.3) is 0 Å². The minimum Gasteiger partial charge on any atom is -0.383 e. The molecule has 4 heteroatoms. The van der Waals surface area contributed by atoms with Gasteiger partial charge < -0.3 is 5.11 Å². The van der Waals surface area contributed by atoms with Crippen LogP contribution in [-0.2, 0) is 0 Å². The van der Waals surface area contributed by atoms with E-state index in [2.05, 4.69) is 22.6 Å². The Morgan fingerprint density at radius 2 is 2.12 bits per heavy atom. The molecule has 1 nitrogen and oxygen atoms in total. The van der Waals surface area contributed by atoms with Crippen LogP contribution in [-0.4, -0.2) is 5.11 Å². The Bertz CT molecular complexity index is 509. The first-order valence-electron chi connectivity index (χ1n) is 4.76. The molecule has 1 heterocycles.